The van der Waals surface area contributed by atoms with Crippen LogP contribution in [0.3, 0.4) is 0 Å². The van der Waals surface area contributed by atoms with Gasteiger partial charge in [-0.05, 0) is 38.1 Å². The summed E-state index contributed by atoms with van der Waals surface area (Å²) in [5.41, 5.74) is 3.39. The molecule has 3 nitrogen and oxygen atoms in total. The first-order chi connectivity index (χ1) is 10.6. The number of hydrogen-bond donors (Lipinski definition) is 0. The molecule has 23 heavy (non-hydrogen) atoms. The van der Waals surface area contributed by atoms with Crippen LogP contribution in [-0.2, 0) is 0 Å². The van der Waals surface area contributed by atoms with Crippen LogP contribution in [0.1, 0.15) is 13.8 Å². The van der Waals surface area contributed by atoms with Gasteiger partial charge in [0.2, 0.25) is 5.36 Å². The lowest BCUT2D eigenvalue weighted by Crippen LogP contribution is -3.00. The molecule has 122 valence electrons. The molecule has 0 atom stereocenters. The van der Waals surface area contributed by atoms with Gasteiger partial charge in [0.15, 0.2) is 0 Å². The third-order valence-electron chi connectivity index (χ3n) is 4.18. The summed E-state index contributed by atoms with van der Waals surface area (Å²) >= 11 is 1.82. The molecular weight excluding hydrogens is 326 g/mol. The van der Waals surface area contributed by atoms with E-state index < -0.39 is 0 Å². The van der Waals surface area contributed by atoms with Crippen molar-refractivity contribution >= 4 is 27.2 Å². The van der Waals surface area contributed by atoms with Crippen molar-refractivity contribution in [2.45, 2.75) is 13.8 Å². The average molecular weight is 348 g/mol. The molecule has 0 saturated carbocycles. The second-order valence-electron chi connectivity index (χ2n) is 5.55. The Morgan fingerprint density at radius 3 is 2.61 bits per heavy atom. The minimum absolute atomic E-state index is 0. The quantitative estimate of drug-likeness (QED) is 0.501. The third kappa shape index (κ3) is 3.48. The van der Waals surface area contributed by atoms with Crippen LogP contribution >= 0.6 is 11.3 Å². The van der Waals surface area contributed by atoms with Crippen LogP contribution < -0.4 is 27.2 Å². The molecule has 0 bridgehead atoms. The van der Waals surface area contributed by atoms with Crippen molar-refractivity contribution in [2.75, 3.05) is 32.1 Å². The number of benzene rings is 2. The van der Waals surface area contributed by atoms with Crippen molar-refractivity contribution in [3.8, 4) is 10.6 Å². The van der Waals surface area contributed by atoms with E-state index in [-0.39, 0.29) is 12.4 Å². The zero-order valence-electron chi connectivity index (χ0n) is 14.0. The Labute approximate surface area is 147 Å². The first-order valence-corrected chi connectivity index (χ1v) is 8.54. The minimum Gasteiger partial charge on any atom is -1.00 e. The van der Waals surface area contributed by atoms with Crippen molar-refractivity contribution in [2.24, 2.45) is 0 Å². The Hall–Kier alpha value is -1.65. The molecule has 1 aromatic rings. The Morgan fingerprint density at radius 1 is 1.13 bits per heavy atom. The summed E-state index contributed by atoms with van der Waals surface area (Å²) < 4.78 is 3.49. The van der Waals surface area contributed by atoms with Crippen LogP contribution in [-0.4, -0.2) is 32.2 Å². The zero-order chi connectivity index (χ0) is 15.7. The van der Waals surface area contributed by atoms with Crippen molar-refractivity contribution in [3.63, 3.8) is 0 Å². The van der Waals surface area contributed by atoms with E-state index in [0.717, 1.165) is 24.3 Å². The lowest BCUT2D eigenvalue weighted by molar-refractivity contribution is -0.00000453. The summed E-state index contributed by atoms with van der Waals surface area (Å²) in [5, 5.41) is 1.24. The molecule has 0 spiro atoms. The molecule has 0 unspecified atom stereocenters. The molecule has 1 aromatic carbocycles. The summed E-state index contributed by atoms with van der Waals surface area (Å²) in [7, 11) is 4.24. The number of aromatic nitrogens is 1. The number of anilines is 1. The predicted molar refractivity (Wildman–Crippen MR) is 96.9 cm³/mol. The Morgan fingerprint density at radius 2 is 1.91 bits per heavy atom. The molecule has 0 saturated heterocycles. The second-order valence-corrected chi connectivity index (χ2v) is 6.63. The highest BCUT2D eigenvalue weighted by Gasteiger charge is 2.10. The van der Waals surface area contributed by atoms with Crippen LogP contribution in [0.2, 0.25) is 0 Å². The first kappa shape index (κ1) is 17.7. The predicted octanol–water partition coefficient (Wildman–Crippen LogP) is 0.283. The molecular formula is C18H22ClN3S. The van der Waals surface area contributed by atoms with E-state index in [1.54, 1.807) is 0 Å². The molecule has 3 rings (SSSR count). The molecule has 1 heterocycles. The van der Waals surface area contributed by atoms with Crippen molar-refractivity contribution in [1.82, 2.24) is 9.56 Å². The van der Waals surface area contributed by atoms with Crippen LogP contribution in [0.4, 0.5) is 5.69 Å². The van der Waals surface area contributed by atoms with Gasteiger partial charge in [0.1, 0.15) is 13.6 Å². The molecule has 1 aliphatic heterocycles. The zero-order valence-corrected chi connectivity index (χ0v) is 15.6. The standard InChI is InChI=1S/C18H22N3S.ClH/c1-5-20(3)13-7-9-15-17(11-13)22-18-12-14(21(4)6-2)8-10-16(18)19-15;/h7-12H,5-6H2,1-4H3;1H/q+1;/p-1. The van der Waals surface area contributed by atoms with Gasteiger partial charge < -0.3 is 17.3 Å². The number of hydrogen-bond acceptors (Lipinski definition) is 3. The van der Waals surface area contributed by atoms with E-state index in [9.17, 15) is 0 Å². The number of nitrogens with zero attached hydrogens (tertiary/aromatic N) is 3. The molecule has 0 radical (unpaired) electrons. The van der Waals surface area contributed by atoms with Crippen LogP contribution in [0, 0.1) is 0 Å². The van der Waals surface area contributed by atoms with E-state index in [4.69, 9.17) is 4.98 Å². The second kappa shape index (κ2) is 7.28. The van der Waals surface area contributed by atoms with Gasteiger partial charge in [-0.3, -0.25) is 0 Å². The van der Waals surface area contributed by atoms with Crippen molar-refractivity contribution < 1.29 is 12.4 Å². The Bertz CT molecular complexity index is 856. The number of halogens is 1. The maximum absolute atomic E-state index is 4.80. The summed E-state index contributed by atoms with van der Waals surface area (Å²) in [6.45, 7) is 6.34. The highest BCUT2D eigenvalue weighted by atomic mass is 35.5. The van der Waals surface area contributed by atoms with Crippen molar-refractivity contribution in [1.29, 1.82) is 0 Å². The van der Waals surface area contributed by atoms with Crippen LogP contribution in [0.25, 0.3) is 20.8 Å². The molecule has 0 aromatic heterocycles. The fourth-order valence-corrected chi connectivity index (χ4v) is 3.47. The van der Waals surface area contributed by atoms with E-state index >= 15 is 0 Å². The Kier molecular flexibility index (Phi) is 5.60. The number of fused-ring (bicyclic) bond motifs is 2. The van der Waals surface area contributed by atoms with E-state index in [1.165, 1.54) is 20.6 Å². The fraction of sp³-hybridized carbons (Fsp3) is 0.333. The monoisotopic (exact) mass is 347 g/mol. The largest absolute Gasteiger partial charge is 1.00 e. The van der Waals surface area contributed by atoms with Crippen LogP contribution in [0.5, 0.6) is 0 Å². The summed E-state index contributed by atoms with van der Waals surface area (Å²) in [6, 6.07) is 13.0. The topological polar surface area (TPSA) is 19.1 Å². The highest BCUT2D eigenvalue weighted by molar-refractivity contribution is 7.21. The Balaban J connectivity index is 0.00000192. The van der Waals surface area contributed by atoms with Gasteiger partial charge in [0.25, 0.3) is 0 Å². The van der Waals surface area contributed by atoms with Gasteiger partial charge in [-0.25, -0.2) is 9.56 Å². The minimum atomic E-state index is 0. The van der Waals surface area contributed by atoms with Crippen LogP contribution in [0.15, 0.2) is 36.4 Å². The molecule has 5 heteroatoms. The maximum atomic E-state index is 4.80. The first-order valence-electron chi connectivity index (χ1n) is 7.72. The summed E-state index contributed by atoms with van der Waals surface area (Å²) in [6.07, 6.45) is 0. The lowest BCUT2D eigenvalue weighted by Gasteiger charge is -2.17. The smallest absolute Gasteiger partial charge is 0.201 e. The van der Waals surface area contributed by atoms with E-state index in [0.29, 0.717) is 0 Å². The number of rotatable bonds is 3. The third-order valence-corrected chi connectivity index (χ3v) is 5.27. The van der Waals surface area contributed by atoms with Gasteiger partial charge in [-0.2, -0.15) is 0 Å². The van der Waals surface area contributed by atoms with Gasteiger partial charge in [0.05, 0.1) is 20.8 Å². The molecule has 0 fully saturated rings. The highest BCUT2D eigenvalue weighted by Crippen LogP contribution is 2.31. The normalized spacial score (nSPS) is 12.2. The molecule has 0 N–H and O–H groups in total. The van der Waals surface area contributed by atoms with Gasteiger partial charge in [-0.1, -0.05) is 0 Å². The van der Waals surface area contributed by atoms with Gasteiger partial charge in [0, 0.05) is 31.4 Å². The van der Waals surface area contributed by atoms with E-state index in [1.807, 2.05) is 11.3 Å². The van der Waals surface area contributed by atoms with Crippen molar-refractivity contribution in [3.05, 3.63) is 41.8 Å². The fourth-order valence-electron chi connectivity index (χ4n) is 2.44. The maximum Gasteiger partial charge on any atom is 0.201 e. The molecule has 1 aliphatic carbocycles. The van der Waals surface area contributed by atoms with Gasteiger partial charge >= 0.3 is 0 Å². The van der Waals surface area contributed by atoms with E-state index in [2.05, 4.69) is 73.8 Å². The van der Waals surface area contributed by atoms with Gasteiger partial charge in [-0.15, -0.1) is 11.3 Å². The SMILES string of the molecule is CCN(C)c1ccc2nc3ccc(=[N+](C)CC)cc-3sc2c1.[Cl-]. The average Bonchev–Trinajstić information content (AvgIpc) is 2.57. The molecule has 0 amide bonds. The molecule has 2 aliphatic rings. The summed E-state index contributed by atoms with van der Waals surface area (Å²) in [4.78, 5) is 8.29. The lowest BCUT2D eigenvalue weighted by atomic mass is 10.2. The summed E-state index contributed by atoms with van der Waals surface area (Å²) in [5.74, 6) is 0.